The minimum atomic E-state index is 0.507. The van der Waals surface area contributed by atoms with E-state index in [0.29, 0.717) is 35.1 Å². The van der Waals surface area contributed by atoms with Crippen molar-refractivity contribution in [3.8, 4) is 0 Å². The third-order valence-electron chi connectivity index (χ3n) is 1.62. The Kier molecular flexibility index (Phi) is 2.16. The highest BCUT2D eigenvalue weighted by Crippen LogP contribution is 2.17. The Morgan fingerprint density at radius 2 is 2.38 bits per heavy atom. The molecule has 2 rings (SSSR count). The predicted octanol–water partition coefficient (Wildman–Crippen LogP) is 1.38. The molecule has 2 N–H and O–H groups in total. The van der Waals surface area contributed by atoms with Gasteiger partial charge in [0, 0.05) is 19.2 Å². The predicted molar refractivity (Wildman–Crippen MR) is 49.6 cm³/mol. The van der Waals surface area contributed by atoms with Crippen LogP contribution in [0.15, 0.2) is 16.7 Å². The molecule has 0 aliphatic rings. The van der Waals surface area contributed by atoms with Gasteiger partial charge in [-0.2, -0.15) is 0 Å². The van der Waals surface area contributed by atoms with E-state index in [4.69, 9.17) is 21.8 Å². The van der Waals surface area contributed by atoms with Gasteiger partial charge in [-0.25, -0.2) is 9.97 Å². The maximum absolute atomic E-state index is 5.74. The monoisotopic (exact) mass is 197 g/mol. The average Bonchev–Trinajstić information content (AvgIpc) is 2.46. The van der Waals surface area contributed by atoms with Crippen molar-refractivity contribution >= 4 is 22.8 Å². The second-order valence-corrected chi connectivity index (χ2v) is 3.06. The smallest absolute Gasteiger partial charge is 0.247 e. The molecular weight excluding hydrogens is 190 g/mol. The normalized spacial score (nSPS) is 10.9. The molecule has 0 bridgehead atoms. The summed E-state index contributed by atoms with van der Waals surface area (Å²) in [5.74, 6) is 0.604. The van der Waals surface area contributed by atoms with Crippen LogP contribution in [0.5, 0.6) is 0 Å². The summed E-state index contributed by atoms with van der Waals surface area (Å²) in [6.07, 6.45) is 2.15. The van der Waals surface area contributed by atoms with Gasteiger partial charge in [0.1, 0.15) is 5.52 Å². The first-order chi connectivity index (χ1) is 6.29. The van der Waals surface area contributed by atoms with Crippen molar-refractivity contribution in [3.05, 3.63) is 23.2 Å². The van der Waals surface area contributed by atoms with Crippen LogP contribution >= 0.6 is 11.6 Å². The second kappa shape index (κ2) is 3.32. The van der Waals surface area contributed by atoms with Crippen molar-refractivity contribution < 1.29 is 4.42 Å². The van der Waals surface area contributed by atoms with Crippen LogP contribution in [0, 0.1) is 0 Å². The highest BCUT2D eigenvalue weighted by atomic mass is 35.5. The molecule has 2 aromatic heterocycles. The molecule has 0 atom stereocenters. The lowest BCUT2D eigenvalue weighted by Gasteiger charge is -1.85. The number of rotatable bonds is 2. The first-order valence-corrected chi connectivity index (χ1v) is 4.28. The van der Waals surface area contributed by atoms with Crippen LogP contribution in [-0.4, -0.2) is 16.5 Å². The van der Waals surface area contributed by atoms with Crippen molar-refractivity contribution in [3.63, 3.8) is 0 Å². The molecule has 68 valence electrons. The molecule has 4 nitrogen and oxygen atoms in total. The van der Waals surface area contributed by atoms with E-state index < -0.39 is 0 Å². The molecule has 0 amide bonds. The maximum atomic E-state index is 5.74. The molecule has 0 saturated heterocycles. The van der Waals surface area contributed by atoms with Crippen LogP contribution < -0.4 is 5.73 Å². The van der Waals surface area contributed by atoms with Gasteiger partial charge >= 0.3 is 0 Å². The lowest BCUT2D eigenvalue weighted by Crippen LogP contribution is -2.02. The Labute approximate surface area is 79.7 Å². The Morgan fingerprint density at radius 3 is 3.15 bits per heavy atom. The zero-order valence-electron chi connectivity index (χ0n) is 6.83. The number of nitrogens with zero attached hydrogens (tertiary/aromatic N) is 2. The molecule has 0 saturated carbocycles. The summed E-state index contributed by atoms with van der Waals surface area (Å²) < 4.78 is 5.30. The van der Waals surface area contributed by atoms with Gasteiger partial charge in [0.25, 0.3) is 0 Å². The van der Waals surface area contributed by atoms with Crippen LogP contribution in [0.25, 0.3) is 11.2 Å². The number of oxazole rings is 1. The zero-order chi connectivity index (χ0) is 9.26. The van der Waals surface area contributed by atoms with Gasteiger partial charge in [0.2, 0.25) is 5.71 Å². The van der Waals surface area contributed by atoms with Gasteiger partial charge in [-0.1, -0.05) is 11.6 Å². The van der Waals surface area contributed by atoms with Crippen molar-refractivity contribution in [2.45, 2.75) is 6.42 Å². The number of nitrogens with two attached hydrogens (primary N) is 1. The van der Waals surface area contributed by atoms with E-state index in [-0.39, 0.29) is 0 Å². The molecule has 0 radical (unpaired) electrons. The van der Waals surface area contributed by atoms with Crippen LogP contribution in [0.2, 0.25) is 5.02 Å². The highest BCUT2D eigenvalue weighted by Gasteiger charge is 2.05. The van der Waals surface area contributed by atoms with E-state index in [1.165, 1.54) is 6.20 Å². The van der Waals surface area contributed by atoms with Gasteiger partial charge in [-0.05, 0) is 6.07 Å². The third kappa shape index (κ3) is 1.64. The van der Waals surface area contributed by atoms with Crippen molar-refractivity contribution in [2.24, 2.45) is 5.73 Å². The maximum Gasteiger partial charge on any atom is 0.247 e. The molecule has 0 aromatic carbocycles. The van der Waals surface area contributed by atoms with Crippen molar-refractivity contribution in [2.75, 3.05) is 6.54 Å². The molecule has 0 fully saturated rings. The molecule has 2 aromatic rings. The number of aromatic nitrogens is 2. The fraction of sp³-hybridized carbons (Fsp3) is 0.250. The summed E-state index contributed by atoms with van der Waals surface area (Å²) in [5, 5.41) is 0.556. The average molecular weight is 198 g/mol. The molecule has 0 unspecified atom stereocenters. The van der Waals surface area contributed by atoms with Gasteiger partial charge in [-0.3, -0.25) is 0 Å². The topological polar surface area (TPSA) is 64.9 Å². The number of hydrogen-bond donors (Lipinski definition) is 1. The molecule has 0 spiro atoms. The summed E-state index contributed by atoms with van der Waals surface area (Å²) >= 11 is 5.74. The standard InChI is InChI=1S/C8H8ClN3O/c9-5-3-6-8(11-4-5)13-7(12-6)1-2-10/h3-4H,1-2,10H2. The summed E-state index contributed by atoms with van der Waals surface area (Å²) in [5.41, 5.74) is 6.55. The van der Waals surface area contributed by atoms with Gasteiger partial charge < -0.3 is 10.2 Å². The minimum Gasteiger partial charge on any atom is -0.422 e. The summed E-state index contributed by atoms with van der Waals surface area (Å²) in [6, 6.07) is 1.72. The quantitative estimate of drug-likeness (QED) is 0.790. The van der Waals surface area contributed by atoms with Crippen LogP contribution in [-0.2, 0) is 6.42 Å². The van der Waals surface area contributed by atoms with E-state index in [1.54, 1.807) is 6.07 Å². The summed E-state index contributed by atoms with van der Waals surface area (Å²) in [4.78, 5) is 8.15. The highest BCUT2D eigenvalue weighted by molar-refractivity contribution is 6.30. The molecule has 0 aliphatic heterocycles. The van der Waals surface area contributed by atoms with Crippen molar-refractivity contribution in [1.82, 2.24) is 9.97 Å². The molecule has 0 aliphatic carbocycles. The zero-order valence-corrected chi connectivity index (χ0v) is 7.58. The van der Waals surface area contributed by atoms with E-state index in [1.807, 2.05) is 0 Å². The van der Waals surface area contributed by atoms with Crippen LogP contribution in [0.1, 0.15) is 5.89 Å². The Bertz CT molecular complexity index is 426. The second-order valence-electron chi connectivity index (χ2n) is 2.62. The fourth-order valence-corrected chi connectivity index (χ4v) is 1.23. The molecule has 5 heteroatoms. The van der Waals surface area contributed by atoms with E-state index in [2.05, 4.69) is 9.97 Å². The Balaban J connectivity index is 2.49. The van der Waals surface area contributed by atoms with E-state index >= 15 is 0 Å². The SMILES string of the molecule is NCCc1nc2cc(Cl)cnc2o1. The lowest BCUT2D eigenvalue weighted by molar-refractivity contribution is 0.523. The largest absolute Gasteiger partial charge is 0.422 e. The Morgan fingerprint density at radius 1 is 1.54 bits per heavy atom. The van der Waals surface area contributed by atoms with Gasteiger partial charge in [0.05, 0.1) is 5.02 Å². The molecule has 2 heterocycles. The fourth-order valence-electron chi connectivity index (χ4n) is 1.07. The third-order valence-corrected chi connectivity index (χ3v) is 1.82. The molecular formula is C8H8ClN3O. The lowest BCUT2D eigenvalue weighted by atomic mass is 10.4. The number of pyridine rings is 1. The molecule has 13 heavy (non-hydrogen) atoms. The first kappa shape index (κ1) is 8.47. The Hall–Kier alpha value is -1.13. The van der Waals surface area contributed by atoms with Gasteiger partial charge in [0.15, 0.2) is 5.89 Å². The number of hydrogen-bond acceptors (Lipinski definition) is 4. The number of fused-ring (bicyclic) bond motifs is 1. The number of halogens is 1. The van der Waals surface area contributed by atoms with Crippen LogP contribution in [0.3, 0.4) is 0 Å². The van der Waals surface area contributed by atoms with E-state index in [0.717, 1.165) is 0 Å². The van der Waals surface area contributed by atoms with Crippen LogP contribution in [0.4, 0.5) is 0 Å². The van der Waals surface area contributed by atoms with Gasteiger partial charge in [-0.15, -0.1) is 0 Å². The minimum absolute atomic E-state index is 0.507. The summed E-state index contributed by atoms with van der Waals surface area (Å²) in [6.45, 7) is 0.514. The summed E-state index contributed by atoms with van der Waals surface area (Å²) in [7, 11) is 0. The van der Waals surface area contributed by atoms with Crippen molar-refractivity contribution in [1.29, 1.82) is 0 Å². The first-order valence-electron chi connectivity index (χ1n) is 3.90. The van der Waals surface area contributed by atoms with E-state index in [9.17, 15) is 0 Å².